The normalized spacial score (nSPS) is 16.2. The van der Waals surface area contributed by atoms with Gasteiger partial charge in [-0.25, -0.2) is 0 Å². The van der Waals surface area contributed by atoms with Crippen LogP contribution in [0.4, 0.5) is 11.6 Å². The van der Waals surface area contributed by atoms with Gasteiger partial charge in [-0.3, -0.25) is 19.8 Å². The first-order valence-corrected chi connectivity index (χ1v) is 8.19. The maximum atomic E-state index is 12.7. The highest BCUT2D eigenvalue weighted by molar-refractivity contribution is 8.27. The zero-order valence-corrected chi connectivity index (χ0v) is 14.4. The molecule has 24 heavy (non-hydrogen) atoms. The Morgan fingerprint density at radius 1 is 1.29 bits per heavy atom. The second-order valence-electron chi connectivity index (χ2n) is 5.24. The Morgan fingerprint density at radius 2 is 2.04 bits per heavy atom. The molecule has 1 aliphatic heterocycles. The summed E-state index contributed by atoms with van der Waals surface area (Å²) in [5.74, 6) is -0.398. The average Bonchev–Trinajstić information content (AvgIpc) is 3.07. The summed E-state index contributed by atoms with van der Waals surface area (Å²) in [6.45, 7) is 3.89. The first kappa shape index (κ1) is 16.4. The number of thioether (sulfide) groups is 1. The maximum Gasteiger partial charge on any atom is 0.433 e. The van der Waals surface area contributed by atoms with Crippen LogP contribution in [-0.2, 0) is 4.79 Å². The molecule has 122 valence electrons. The van der Waals surface area contributed by atoms with Crippen LogP contribution in [0.5, 0.6) is 0 Å². The number of rotatable bonds is 3. The number of furan rings is 1. The van der Waals surface area contributed by atoms with Crippen molar-refractivity contribution in [2.24, 2.45) is 0 Å². The van der Waals surface area contributed by atoms with Crippen LogP contribution in [0.25, 0.3) is 6.08 Å². The van der Waals surface area contributed by atoms with Gasteiger partial charge in [0.25, 0.3) is 5.91 Å². The van der Waals surface area contributed by atoms with E-state index in [0.717, 1.165) is 28.6 Å². The summed E-state index contributed by atoms with van der Waals surface area (Å²) in [7, 11) is 0. The van der Waals surface area contributed by atoms with Gasteiger partial charge >= 0.3 is 5.88 Å². The van der Waals surface area contributed by atoms with Crippen molar-refractivity contribution in [2.75, 3.05) is 4.90 Å². The van der Waals surface area contributed by atoms with Gasteiger partial charge in [0.2, 0.25) is 0 Å². The minimum absolute atomic E-state index is 0.239. The van der Waals surface area contributed by atoms with Crippen LogP contribution in [-0.4, -0.2) is 15.2 Å². The molecule has 1 amide bonds. The van der Waals surface area contributed by atoms with Crippen molar-refractivity contribution in [2.45, 2.75) is 13.8 Å². The minimum Gasteiger partial charge on any atom is -0.401 e. The first-order valence-electron chi connectivity index (χ1n) is 6.96. The Bertz CT molecular complexity index is 901. The van der Waals surface area contributed by atoms with Crippen molar-refractivity contribution in [3.8, 4) is 0 Å². The monoisotopic (exact) mass is 360 g/mol. The summed E-state index contributed by atoms with van der Waals surface area (Å²) >= 11 is 6.46. The van der Waals surface area contributed by atoms with E-state index in [0.29, 0.717) is 9.23 Å². The number of carbonyl (C=O) groups is 1. The number of benzene rings is 1. The number of aryl methyl sites for hydroxylation is 2. The third kappa shape index (κ3) is 2.98. The van der Waals surface area contributed by atoms with Gasteiger partial charge in [0.05, 0.1) is 16.7 Å². The number of thiocarbonyl (C=S) groups is 1. The SMILES string of the molecule is Cc1ccc(N2C(=O)/C(=C/c3ccc([N+](=O)[O-])o3)SC2=S)c(C)c1. The lowest BCUT2D eigenvalue weighted by Crippen LogP contribution is -2.28. The predicted octanol–water partition coefficient (Wildman–Crippen LogP) is 4.21. The molecule has 1 aliphatic rings. The van der Waals surface area contributed by atoms with Crippen molar-refractivity contribution in [1.29, 1.82) is 0 Å². The molecule has 8 heteroatoms. The van der Waals surface area contributed by atoms with Crippen LogP contribution >= 0.6 is 24.0 Å². The van der Waals surface area contributed by atoms with Gasteiger partial charge in [-0.1, -0.05) is 41.7 Å². The Hall–Kier alpha value is -2.45. The lowest BCUT2D eigenvalue weighted by atomic mass is 10.1. The standard InChI is InChI=1S/C16H12N2O4S2/c1-9-3-5-12(10(2)7-9)17-15(19)13(24-16(17)23)8-11-4-6-14(22-11)18(20)21/h3-8H,1-2H3/b13-8-. The first-order chi connectivity index (χ1) is 11.4. The van der Waals surface area contributed by atoms with Gasteiger partial charge in [0, 0.05) is 6.08 Å². The van der Waals surface area contributed by atoms with E-state index < -0.39 is 4.92 Å². The highest BCUT2D eigenvalue weighted by atomic mass is 32.2. The molecule has 0 spiro atoms. The molecule has 3 rings (SSSR count). The van der Waals surface area contributed by atoms with Crippen LogP contribution in [0.15, 0.2) is 39.7 Å². The summed E-state index contributed by atoms with van der Waals surface area (Å²) < 4.78 is 5.48. The Balaban J connectivity index is 1.93. The van der Waals surface area contributed by atoms with Crippen LogP contribution in [0, 0.1) is 24.0 Å². The van der Waals surface area contributed by atoms with Crippen molar-refractivity contribution < 1.29 is 14.1 Å². The molecule has 6 nitrogen and oxygen atoms in total. The number of hydrogen-bond acceptors (Lipinski definition) is 6. The van der Waals surface area contributed by atoms with Crippen LogP contribution in [0.2, 0.25) is 0 Å². The largest absolute Gasteiger partial charge is 0.433 e. The van der Waals surface area contributed by atoms with Gasteiger partial charge in [0.15, 0.2) is 4.32 Å². The fourth-order valence-corrected chi connectivity index (χ4v) is 3.64. The molecule has 0 bridgehead atoms. The van der Waals surface area contributed by atoms with Gasteiger partial charge in [-0.05, 0) is 31.5 Å². The molecular formula is C16H12N2O4S2. The average molecular weight is 360 g/mol. The Morgan fingerprint density at radius 3 is 2.67 bits per heavy atom. The molecule has 0 radical (unpaired) electrons. The van der Waals surface area contributed by atoms with E-state index in [9.17, 15) is 14.9 Å². The Labute approximate surface area is 147 Å². The second kappa shape index (κ2) is 6.21. The number of carbonyl (C=O) groups excluding carboxylic acids is 1. The number of anilines is 1. The fourth-order valence-electron chi connectivity index (χ4n) is 2.38. The highest BCUT2D eigenvalue weighted by Crippen LogP contribution is 2.37. The number of nitro groups is 1. The number of hydrogen-bond donors (Lipinski definition) is 0. The van der Waals surface area contributed by atoms with E-state index in [1.54, 1.807) is 0 Å². The van der Waals surface area contributed by atoms with Crippen LogP contribution < -0.4 is 4.90 Å². The predicted molar refractivity (Wildman–Crippen MR) is 96.9 cm³/mol. The Kier molecular flexibility index (Phi) is 4.25. The zero-order valence-electron chi connectivity index (χ0n) is 12.8. The maximum absolute atomic E-state index is 12.7. The van der Waals surface area contributed by atoms with Crippen molar-refractivity contribution in [3.63, 3.8) is 0 Å². The molecule has 1 aromatic carbocycles. The molecule has 0 N–H and O–H groups in total. The van der Waals surface area contributed by atoms with Gasteiger partial charge in [0.1, 0.15) is 10.7 Å². The molecule has 0 saturated carbocycles. The fraction of sp³-hybridized carbons (Fsp3) is 0.125. The summed E-state index contributed by atoms with van der Waals surface area (Å²) in [5.41, 5.74) is 2.78. The third-order valence-electron chi connectivity index (χ3n) is 3.45. The van der Waals surface area contributed by atoms with Gasteiger partial charge in [-0.2, -0.15) is 0 Å². The topological polar surface area (TPSA) is 76.6 Å². The summed E-state index contributed by atoms with van der Waals surface area (Å²) in [6, 6.07) is 8.45. The lowest BCUT2D eigenvalue weighted by Gasteiger charge is -2.17. The lowest BCUT2D eigenvalue weighted by molar-refractivity contribution is -0.402. The van der Waals surface area contributed by atoms with Gasteiger partial charge < -0.3 is 4.42 Å². The minimum atomic E-state index is -0.627. The van der Waals surface area contributed by atoms with Crippen LogP contribution in [0.1, 0.15) is 16.9 Å². The van der Waals surface area contributed by atoms with Crippen molar-refractivity contribution in [3.05, 3.63) is 62.2 Å². The molecule has 1 saturated heterocycles. The molecule has 2 aromatic rings. The smallest absolute Gasteiger partial charge is 0.401 e. The summed E-state index contributed by atoms with van der Waals surface area (Å²) in [6.07, 6.45) is 1.47. The molecular weight excluding hydrogens is 348 g/mol. The summed E-state index contributed by atoms with van der Waals surface area (Å²) in [5, 5.41) is 10.7. The van der Waals surface area contributed by atoms with E-state index in [1.165, 1.54) is 23.1 Å². The van der Waals surface area contributed by atoms with E-state index in [2.05, 4.69) is 0 Å². The third-order valence-corrected chi connectivity index (χ3v) is 4.75. The number of nitrogens with zero attached hydrogens (tertiary/aromatic N) is 2. The van der Waals surface area contributed by atoms with E-state index in [4.69, 9.17) is 16.6 Å². The van der Waals surface area contributed by atoms with E-state index in [-0.39, 0.29) is 17.6 Å². The van der Waals surface area contributed by atoms with Crippen LogP contribution in [0.3, 0.4) is 0 Å². The van der Waals surface area contributed by atoms with Crippen molar-refractivity contribution in [1.82, 2.24) is 0 Å². The molecule has 1 fully saturated rings. The van der Waals surface area contributed by atoms with Gasteiger partial charge in [-0.15, -0.1) is 0 Å². The zero-order chi connectivity index (χ0) is 17.4. The van der Waals surface area contributed by atoms with E-state index in [1.807, 2.05) is 32.0 Å². The quantitative estimate of drug-likeness (QED) is 0.353. The van der Waals surface area contributed by atoms with Crippen molar-refractivity contribution >= 4 is 51.9 Å². The molecule has 2 heterocycles. The molecule has 1 aromatic heterocycles. The van der Waals surface area contributed by atoms with E-state index >= 15 is 0 Å². The molecule has 0 atom stereocenters. The number of amides is 1. The molecule has 0 unspecified atom stereocenters. The summed E-state index contributed by atoms with van der Waals surface area (Å²) in [4.78, 5) is 24.5. The molecule has 0 aliphatic carbocycles. The second-order valence-corrected chi connectivity index (χ2v) is 6.92. The highest BCUT2D eigenvalue weighted by Gasteiger charge is 2.34.